The molecule has 1 heterocycles. The van der Waals surface area contributed by atoms with Crippen molar-refractivity contribution in [2.75, 3.05) is 13.1 Å². The molecule has 1 aromatic carbocycles. The second-order valence-corrected chi connectivity index (χ2v) is 5.58. The van der Waals surface area contributed by atoms with Crippen LogP contribution in [0.1, 0.15) is 12.0 Å². The number of hydrogen-bond donors (Lipinski definition) is 1. The van der Waals surface area contributed by atoms with Crippen LogP contribution in [-0.4, -0.2) is 34.7 Å². The van der Waals surface area contributed by atoms with Gasteiger partial charge in [-0.15, -0.1) is 11.6 Å². The monoisotopic (exact) mass is 285 g/mol. The van der Waals surface area contributed by atoms with Crippen molar-refractivity contribution in [3.63, 3.8) is 0 Å². The molecule has 0 saturated carbocycles. The minimum Gasteiger partial charge on any atom is -0.445 e. The zero-order valence-corrected chi connectivity index (χ0v) is 11.6. The van der Waals surface area contributed by atoms with Gasteiger partial charge in [0.25, 0.3) is 0 Å². The fraction of sp³-hybridized carbons (Fsp3) is 0.462. The summed E-state index contributed by atoms with van der Waals surface area (Å²) in [6, 6.07) is 9.64. The predicted molar refractivity (Wildman–Crippen MR) is 75.2 cm³/mol. The number of thiol groups is 1. The van der Waals surface area contributed by atoms with Crippen LogP contribution in [0.2, 0.25) is 0 Å². The predicted octanol–water partition coefficient (Wildman–Crippen LogP) is 2.93. The molecule has 1 aliphatic heterocycles. The van der Waals surface area contributed by atoms with Gasteiger partial charge in [-0.3, -0.25) is 0 Å². The molecule has 1 amide bonds. The molecule has 0 aliphatic carbocycles. The van der Waals surface area contributed by atoms with Crippen LogP contribution in [0.15, 0.2) is 30.3 Å². The van der Waals surface area contributed by atoms with E-state index in [-0.39, 0.29) is 16.7 Å². The number of amides is 1. The average Bonchev–Trinajstić information content (AvgIpc) is 2.40. The molecule has 18 heavy (non-hydrogen) atoms. The van der Waals surface area contributed by atoms with E-state index in [0.29, 0.717) is 19.7 Å². The first-order chi connectivity index (χ1) is 8.66. The van der Waals surface area contributed by atoms with E-state index in [0.717, 1.165) is 12.0 Å². The number of ether oxygens (including phenoxy) is 1. The third kappa shape index (κ3) is 3.56. The highest BCUT2D eigenvalue weighted by Crippen LogP contribution is 2.21. The maximum atomic E-state index is 11.9. The van der Waals surface area contributed by atoms with E-state index in [4.69, 9.17) is 16.3 Å². The Balaban J connectivity index is 1.82. The van der Waals surface area contributed by atoms with E-state index in [9.17, 15) is 4.79 Å². The highest BCUT2D eigenvalue weighted by Gasteiger charge is 2.28. The summed E-state index contributed by atoms with van der Waals surface area (Å²) in [5.41, 5.74) is 0.987. The van der Waals surface area contributed by atoms with Crippen LogP contribution in [0.25, 0.3) is 0 Å². The summed E-state index contributed by atoms with van der Waals surface area (Å²) >= 11 is 10.4. The number of benzene rings is 1. The largest absolute Gasteiger partial charge is 0.445 e. The average molecular weight is 286 g/mol. The first-order valence-corrected chi connectivity index (χ1v) is 6.90. The van der Waals surface area contributed by atoms with Crippen molar-refractivity contribution in [3.8, 4) is 0 Å². The Hall–Kier alpha value is -0.870. The fourth-order valence-corrected chi connectivity index (χ4v) is 2.40. The molecular weight excluding hydrogens is 270 g/mol. The smallest absolute Gasteiger partial charge is 0.410 e. The van der Waals surface area contributed by atoms with Gasteiger partial charge in [-0.25, -0.2) is 4.79 Å². The minimum absolute atomic E-state index is 0.0182. The molecule has 98 valence electrons. The Morgan fingerprint density at radius 1 is 1.44 bits per heavy atom. The molecule has 0 bridgehead atoms. The van der Waals surface area contributed by atoms with Gasteiger partial charge in [0.05, 0.1) is 0 Å². The lowest BCUT2D eigenvalue weighted by molar-refractivity contribution is 0.0908. The standard InChI is InChI=1S/C13H16ClNO2S/c14-11-6-7-15(8-12(11)18)13(16)17-9-10-4-2-1-3-5-10/h1-5,11-12,18H,6-9H2/t11-,12-/m0/s1. The lowest BCUT2D eigenvalue weighted by Crippen LogP contribution is -2.45. The zero-order valence-electron chi connectivity index (χ0n) is 9.96. The molecule has 0 N–H and O–H groups in total. The summed E-state index contributed by atoms with van der Waals surface area (Å²) in [6.07, 6.45) is 0.470. The second kappa shape index (κ2) is 6.34. The number of alkyl halides is 1. The van der Waals surface area contributed by atoms with E-state index < -0.39 is 0 Å². The van der Waals surface area contributed by atoms with Gasteiger partial charge in [-0.05, 0) is 12.0 Å². The Kier molecular flexibility index (Phi) is 4.78. The van der Waals surface area contributed by atoms with Crippen molar-refractivity contribution < 1.29 is 9.53 Å². The highest BCUT2D eigenvalue weighted by atomic mass is 35.5. The summed E-state index contributed by atoms with van der Waals surface area (Å²) in [5.74, 6) is 0. The van der Waals surface area contributed by atoms with Gasteiger partial charge in [-0.2, -0.15) is 12.6 Å². The van der Waals surface area contributed by atoms with Crippen LogP contribution < -0.4 is 0 Å². The Bertz CT molecular complexity index is 401. The molecule has 0 radical (unpaired) electrons. The molecule has 5 heteroatoms. The number of nitrogens with zero attached hydrogens (tertiary/aromatic N) is 1. The first-order valence-electron chi connectivity index (χ1n) is 5.94. The molecular formula is C13H16ClNO2S. The van der Waals surface area contributed by atoms with E-state index >= 15 is 0 Å². The summed E-state index contributed by atoms with van der Waals surface area (Å²) in [7, 11) is 0. The summed E-state index contributed by atoms with van der Waals surface area (Å²) in [4.78, 5) is 13.5. The van der Waals surface area contributed by atoms with Crippen LogP contribution in [0.3, 0.4) is 0 Å². The van der Waals surface area contributed by atoms with Gasteiger partial charge in [-0.1, -0.05) is 30.3 Å². The lowest BCUT2D eigenvalue weighted by Gasteiger charge is -2.32. The molecule has 0 spiro atoms. The maximum absolute atomic E-state index is 11.9. The molecule has 3 nitrogen and oxygen atoms in total. The lowest BCUT2D eigenvalue weighted by atomic mass is 10.1. The van der Waals surface area contributed by atoms with Gasteiger partial charge in [0.2, 0.25) is 0 Å². The molecule has 1 aliphatic rings. The molecule has 2 rings (SSSR count). The summed E-state index contributed by atoms with van der Waals surface area (Å²) < 4.78 is 5.26. The topological polar surface area (TPSA) is 29.5 Å². The Morgan fingerprint density at radius 2 is 2.17 bits per heavy atom. The summed E-state index contributed by atoms with van der Waals surface area (Å²) in [5, 5.41) is 0.0520. The molecule has 1 fully saturated rings. The molecule has 0 aromatic heterocycles. The zero-order chi connectivity index (χ0) is 13.0. The van der Waals surface area contributed by atoms with Gasteiger partial charge in [0.1, 0.15) is 6.61 Å². The van der Waals surface area contributed by atoms with Crippen molar-refractivity contribution in [3.05, 3.63) is 35.9 Å². The van der Waals surface area contributed by atoms with E-state index in [1.165, 1.54) is 0 Å². The SMILES string of the molecule is O=C(OCc1ccccc1)N1CC[C@H](Cl)[C@@H](S)C1. The van der Waals surface area contributed by atoms with Crippen molar-refractivity contribution in [2.24, 2.45) is 0 Å². The van der Waals surface area contributed by atoms with Crippen molar-refractivity contribution in [1.29, 1.82) is 0 Å². The van der Waals surface area contributed by atoms with Crippen molar-refractivity contribution in [1.82, 2.24) is 4.90 Å². The van der Waals surface area contributed by atoms with Gasteiger partial charge in [0.15, 0.2) is 0 Å². The number of rotatable bonds is 2. The molecule has 2 atom stereocenters. The molecule has 0 unspecified atom stereocenters. The molecule has 1 aromatic rings. The number of likely N-dealkylation sites (tertiary alicyclic amines) is 1. The number of carbonyl (C=O) groups excluding carboxylic acids is 1. The van der Waals surface area contributed by atoms with Crippen LogP contribution in [0.5, 0.6) is 0 Å². The number of halogens is 1. The number of hydrogen-bond acceptors (Lipinski definition) is 3. The van der Waals surface area contributed by atoms with E-state index in [1.807, 2.05) is 30.3 Å². The van der Waals surface area contributed by atoms with E-state index in [2.05, 4.69) is 12.6 Å². The van der Waals surface area contributed by atoms with Crippen LogP contribution in [0.4, 0.5) is 4.79 Å². The fourth-order valence-electron chi connectivity index (χ4n) is 1.88. The second-order valence-electron chi connectivity index (χ2n) is 4.36. The van der Waals surface area contributed by atoms with Crippen molar-refractivity contribution >= 4 is 30.3 Å². The van der Waals surface area contributed by atoms with Gasteiger partial charge < -0.3 is 9.64 Å². The maximum Gasteiger partial charge on any atom is 0.410 e. The third-order valence-electron chi connectivity index (χ3n) is 2.96. The van der Waals surface area contributed by atoms with Crippen LogP contribution >= 0.6 is 24.2 Å². The van der Waals surface area contributed by atoms with Crippen molar-refractivity contribution in [2.45, 2.75) is 23.7 Å². The van der Waals surface area contributed by atoms with Crippen LogP contribution in [-0.2, 0) is 11.3 Å². The van der Waals surface area contributed by atoms with Gasteiger partial charge >= 0.3 is 6.09 Å². The number of carbonyl (C=O) groups is 1. The third-order valence-corrected chi connectivity index (χ3v) is 4.18. The Labute approximate surface area is 117 Å². The summed E-state index contributed by atoms with van der Waals surface area (Å²) in [6.45, 7) is 1.49. The number of piperidine rings is 1. The minimum atomic E-state index is -0.290. The van der Waals surface area contributed by atoms with Crippen LogP contribution in [0, 0.1) is 0 Å². The first kappa shape index (κ1) is 13.6. The molecule has 1 saturated heterocycles. The van der Waals surface area contributed by atoms with Gasteiger partial charge in [0, 0.05) is 23.7 Å². The normalized spacial score (nSPS) is 23.8. The Morgan fingerprint density at radius 3 is 2.83 bits per heavy atom. The quantitative estimate of drug-likeness (QED) is 0.669. The van der Waals surface area contributed by atoms with E-state index in [1.54, 1.807) is 4.90 Å². The highest BCUT2D eigenvalue weighted by molar-refractivity contribution is 7.81.